The van der Waals surface area contributed by atoms with E-state index in [1.165, 1.54) is 4.68 Å². The topological polar surface area (TPSA) is 96.2 Å². The molecule has 0 saturated heterocycles. The van der Waals surface area contributed by atoms with Crippen molar-refractivity contribution in [1.82, 2.24) is 15.1 Å². The predicted octanol–water partition coefficient (Wildman–Crippen LogP) is 1.04. The van der Waals surface area contributed by atoms with E-state index >= 15 is 0 Å². The standard InChI is InChI=1S/C11H18N4O3/c1-11(2,3)8(9(16)17)13-10(18)12-7-5-6-15(4)14-7/h5-6,8H,1-4H3,(H,16,17)(H2,12,13,14,18)/t8-/m1/s1. The number of carboxylic acids is 1. The van der Waals surface area contributed by atoms with Crippen LogP contribution in [0.3, 0.4) is 0 Å². The highest BCUT2D eigenvalue weighted by atomic mass is 16.4. The van der Waals surface area contributed by atoms with Crippen LogP contribution < -0.4 is 10.6 Å². The van der Waals surface area contributed by atoms with Crippen LogP contribution in [-0.4, -0.2) is 32.9 Å². The maximum atomic E-state index is 11.6. The number of carbonyl (C=O) groups excluding carboxylic acids is 1. The number of carbonyl (C=O) groups is 2. The molecule has 0 fully saturated rings. The van der Waals surface area contributed by atoms with E-state index in [0.717, 1.165) is 0 Å². The fraction of sp³-hybridized carbons (Fsp3) is 0.545. The summed E-state index contributed by atoms with van der Waals surface area (Å²) in [4.78, 5) is 22.7. The second-order valence-electron chi connectivity index (χ2n) is 5.11. The molecule has 0 unspecified atom stereocenters. The maximum Gasteiger partial charge on any atom is 0.326 e. The predicted molar refractivity (Wildman–Crippen MR) is 66.2 cm³/mol. The molecule has 0 aromatic carbocycles. The SMILES string of the molecule is Cn1ccc(NC(=O)N[C@H](C(=O)O)C(C)(C)C)n1. The van der Waals surface area contributed by atoms with Gasteiger partial charge in [0.2, 0.25) is 0 Å². The lowest BCUT2D eigenvalue weighted by Crippen LogP contribution is -2.50. The van der Waals surface area contributed by atoms with Crippen molar-refractivity contribution in [3.63, 3.8) is 0 Å². The minimum absolute atomic E-state index is 0.369. The van der Waals surface area contributed by atoms with Gasteiger partial charge in [0.25, 0.3) is 0 Å². The third kappa shape index (κ3) is 3.76. The Morgan fingerprint density at radius 2 is 2.06 bits per heavy atom. The number of amides is 2. The first kappa shape index (κ1) is 14.0. The molecule has 0 aliphatic carbocycles. The maximum absolute atomic E-state index is 11.6. The summed E-state index contributed by atoms with van der Waals surface area (Å²) >= 11 is 0. The summed E-state index contributed by atoms with van der Waals surface area (Å²) in [5.41, 5.74) is -0.576. The van der Waals surface area contributed by atoms with Gasteiger partial charge in [-0.1, -0.05) is 20.8 Å². The molecule has 1 aromatic heterocycles. The van der Waals surface area contributed by atoms with Crippen molar-refractivity contribution in [3.8, 4) is 0 Å². The molecule has 1 heterocycles. The summed E-state index contributed by atoms with van der Waals surface area (Å²) in [5.74, 6) is -0.702. The number of carboxylic acid groups (broad SMARTS) is 1. The highest BCUT2D eigenvalue weighted by Crippen LogP contribution is 2.19. The number of nitrogens with one attached hydrogen (secondary N) is 2. The Bertz CT molecular complexity index is 447. The summed E-state index contributed by atoms with van der Waals surface area (Å²) < 4.78 is 1.54. The first-order chi connectivity index (χ1) is 8.20. The van der Waals surface area contributed by atoms with Crippen molar-refractivity contribution in [2.45, 2.75) is 26.8 Å². The first-order valence-corrected chi connectivity index (χ1v) is 5.50. The van der Waals surface area contributed by atoms with E-state index < -0.39 is 23.5 Å². The van der Waals surface area contributed by atoms with E-state index in [-0.39, 0.29) is 0 Å². The lowest BCUT2D eigenvalue weighted by molar-refractivity contribution is -0.141. The molecule has 1 rings (SSSR count). The van der Waals surface area contributed by atoms with Gasteiger partial charge in [-0.15, -0.1) is 0 Å². The van der Waals surface area contributed by atoms with E-state index in [4.69, 9.17) is 5.11 Å². The van der Waals surface area contributed by atoms with Crippen LogP contribution in [0.1, 0.15) is 20.8 Å². The average Bonchev–Trinajstić information content (AvgIpc) is 2.58. The molecule has 7 nitrogen and oxygen atoms in total. The van der Waals surface area contributed by atoms with E-state index in [0.29, 0.717) is 5.82 Å². The van der Waals surface area contributed by atoms with Crippen molar-refractivity contribution in [3.05, 3.63) is 12.3 Å². The minimum Gasteiger partial charge on any atom is -0.480 e. The van der Waals surface area contributed by atoms with Gasteiger partial charge < -0.3 is 10.4 Å². The molecule has 7 heteroatoms. The molecule has 0 aliphatic rings. The number of anilines is 1. The van der Waals surface area contributed by atoms with Gasteiger partial charge in [0, 0.05) is 19.3 Å². The van der Waals surface area contributed by atoms with Crippen molar-refractivity contribution in [1.29, 1.82) is 0 Å². The highest BCUT2D eigenvalue weighted by molar-refractivity contribution is 5.91. The second kappa shape index (κ2) is 5.07. The van der Waals surface area contributed by atoms with Crippen molar-refractivity contribution in [2.75, 3.05) is 5.32 Å². The fourth-order valence-electron chi connectivity index (χ4n) is 1.41. The summed E-state index contributed by atoms with van der Waals surface area (Å²) in [5, 5.41) is 17.9. The number of aryl methyl sites for hydroxylation is 1. The third-order valence-corrected chi connectivity index (χ3v) is 2.34. The van der Waals surface area contributed by atoms with Crippen LogP contribution in [0.2, 0.25) is 0 Å². The molecule has 0 spiro atoms. The zero-order valence-corrected chi connectivity index (χ0v) is 10.9. The molecular formula is C11H18N4O3. The zero-order valence-electron chi connectivity index (χ0n) is 10.9. The van der Waals surface area contributed by atoms with Gasteiger partial charge >= 0.3 is 12.0 Å². The van der Waals surface area contributed by atoms with Crippen molar-refractivity contribution in [2.24, 2.45) is 12.5 Å². The van der Waals surface area contributed by atoms with Crippen LogP contribution >= 0.6 is 0 Å². The van der Waals surface area contributed by atoms with Gasteiger partial charge in [-0.2, -0.15) is 5.10 Å². The number of urea groups is 1. The lowest BCUT2D eigenvalue weighted by atomic mass is 9.87. The number of aromatic nitrogens is 2. The summed E-state index contributed by atoms with van der Waals surface area (Å²) in [7, 11) is 1.72. The summed E-state index contributed by atoms with van der Waals surface area (Å²) in [6.07, 6.45) is 1.67. The number of nitrogens with zero attached hydrogens (tertiary/aromatic N) is 2. The van der Waals surface area contributed by atoms with E-state index in [9.17, 15) is 9.59 Å². The monoisotopic (exact) mass is 254 g/mol. The largest absolute Gasteiger partial charge is 0.480 e. The van der Waals surface area contributed by atoms with Gasteiger partial charge in [0.15, 0.2) is 5.82 Å². The van der Waals surface area contributed by atoms with Gasteiger partial charge in [-0.25, -0.2) is 9.59 Å². The van der Waals surface area contributed by atoms with Gasteiger partial charge in [0.1, 0.15) is 6.04 Å². The van der Waals surface area contributed by atoms with Crippen LogP contribution in [-0.2, 0) is 11.8 Å². The third-order valence-electron chi connectivity index (χ3n) is 2.34. The van der Waals surface area contributed by atoms with Crippen LogP contribution in [0.5, 0.6) is 0 Å². The smallest absolute Gasteiger partial charge is 0.326 e. The molecule has 1 atom stereocenters. The van der Waals surface area contributed by atoms with Gasteiger partial charge in [-0.3, -0.25) is 10.00 Å². The minimum atomic E-state index is -1.07. The number of hydrogen-bond acceptors (Lipinski definition) is 3. The van der Waals surface area contributed by atoms with Crippen molar-refractivity contribution < 1.29 is 14.7 Å². The number of aliphatic carboxylic acids is 1. The van der Waals surface area contributed by atoms with Crippen LogP contribution in [0.15, 0.2) is 12.3 Å². The number of hydrogen-bond donors (Lipinski definition) is 3. The Balaban J connectivity index is 2.65. The quantitative estimate of drug-likeness (QED) is 0.751. The summed E-state index contributed by atoms with van der Waals surface area (Å²) in [6, 6.07) is 0.0594. The fourth-order valence-corrected chi connectivity index (χ4v) is 1.41. The normalized spacial score (nSPS) is 12.9. The molecule has 0 aliphatic heterocycles. The van der Waals surface area contributed by atoms with E-state index in [1.807, 2.05) is 0 Å². The Morgan fingerprint density at radius 1 is 1.44 bits per heavy atom. The van der Waals surface area contributed by atoms with Gasteiger partial charge in [0.05, 0.1) is 0 Å². The summed E-state index contributed by atoms with van der Waals surface area (Å²) in [6.45, 7) is 5.23. The molecule has 18 heavy (non-hydrogen) atoms. The van der Waals surface area contributed by atoms with Crippen LogP contribution in [0.4, 0.5) is 10.6 Å². The Kier molecular flexibility index (Phi) is 3.95. The molecule has 100 valence electrons. The highest BCUT2D eigenvalue weighted by Gasteiger charge is 2.32. The molecule has 0 radical (unpaired) electrons. The zero-order chi connectivity index (χ0) is 13.9. The first-order valence-electron chi connectivity index (χ1n) is 5.50. The molecular weight excluding hydrogens is 236 g/mol. The van der Waals surface area contributed by atoms with Crippen molar-refractivity contribution >= 4 is 17.8 Å². The molecule has 3 N–H and O–H groups in total. The van der Waals surface area contributed by atoms with Crippen LogP contribution in [0, 0.1) is 5.41 Å². The molecule has 2 amide bonds. The molecule has 0 saturated carbocycles. The van der Waals surface area contributed by atoms with Gasteiger partial charge in [-0.05, 0) is 5.41 Å². The Hall–Kier alpha value is -2.05. The Labute approximate surface area is 105 Å². The van der Waals surface area contributed by atoms with Crippen LogP contribution in [0.25, 0.3) is 0 Å². The molecule has 1 aromatic rings. The van der Waals surface area contributed by atoms with E-state index in [2.05, 4.69) is 15.7 Å². The molecule has 0 bridgehead atoms. The lowest BCUT2D eigenvalue weighted by Gasteiger charge is -2.27. The Morgan fingerprint density at radius 3 is 2.44 bits per heavy atom. The van der Waals surface area contributed by atoms with E-state index in [1.54, 1.807) is 40.1 Å². The number of rotatable bonds is 3. The second-order valence-corrected chi connectivity index (χ2v) is 5.11. The average molecular weight is 254 g/mol.